The van der Waals surface area contributed by atoms with E-state index in [9.17, 15) is 24.6 Å². The normalized spacial score (nSPS) is 31.3. The molecule has 3 unspecified atom stereocenters. The number of hydrogen-bond acceptors (Lipinski definition) is 6. The number of aromatic hydroxyl groups is 1. The van der Waals surface area contributed by atoms with Crippen molar-refractivity contribution in [1.29, 1.82) is 0 Å². The Morgan fingerprint density at radius 3 is 2.32 bits per heavy atom. The summed E-state index contributed by atoms with van der Waals surface area (Å²) in [5, 5.41) is 26.4. The molecule has 0 bridgehead atoms. The first-order valence-corrected chi connectivity index (χ1v) is 8.63. The van der Waals surface area contributed by atoms with Gasteiger partial charge in [0.15, 0.2) is 0 Å². The summed E-state index contributed by atoms with van der Waals surface area (Å²) < 4.78 is -0.616. The van der Waals surface area contributed by atoms with E-state index >= 15 is 0 Å². The average Bonchev–Trinajstić information content (AvgIpc) is 2.85. The van der Waals surface area contributed by atoms with Crippen molar-refractivity contribution in [2.75, 3.05) is 0 Å². The number of piperazine rings is 1. The zero-order chi connectivity index (χ0) is 18.4. The molecule has 0 radical (unpaired) electrons. The van der Waals surface area contributed by atoms with Crippen molar-refractivity contribution >= 4 is 29.5 Å². The lowest BCUT2D eigenvalue weighted by Crippen LogP contribution is -2.63. The van der Waals surface area contributed by atoms with Crippen molar-refractivity contribution in [3.63, 3.8) is 0 Å². The predicted molar refractivity (Wildman–Crippen MR) is 90.9 cm³/mol. The number of thioether (sulfide) groups is 1. The van der Waals surface area contributed by atoms with Crippen molar-refractivity contribution in [1.82, 2.24) is 16.0 Å². The molecule has 2 aliphatic rings. The average molecular weight is 365 g/mol. The molecule has 2 saturated heterocycles. The van der Waals surface area contributed by atoms with E-state index in [-0.39, 0.29) is 17.6 Å². The summed E-state index contributed by atoms with van der Waals surface area (Å²) in [4.78, 5) is 36.3. The van der Waals surface area contributed by atoms with E-state index in [0.717, 1.165) is 0 Å². The van der Waals surface area contributed by atoms with Crippen LogP contribution in [0, 0.1) is 0 Å². The second kappa shape index (κ2) is 6.23. The number of carbonyl (C=O) groups is 3. The Balaban J connectivity index is 1.75. The SMILES string of the molecule is CC1(C)SC(C2NC(=O)C(c3ccc(O)cc3)NC2=O)N[C@H]1C(=O)O. The Morgan fingerprint density at radius 1 is 1.12 bits per heavy atom. The van der Waals surface area contributed by atoms with Crippen molar-refractivity contribution in [2.45, 2.75) is 42.1 Å². The molecule has 2 amide bonds. The van der Waals surface area contributed by atoms with Gasteiger partial charge in [0, 0.05) is 4.75 Å². The Kier molecular flexibility index (Phi) is 4.38. The minimum Gasteiger partial charge on any atom is -0.508 e. The van der Waals surface area contributed by atoms with Gasteiger partial charge >= 0.3 is 5.97 Å². The highest BCUT2D eigenvalue weighted by atomic mass is 32.2. The number of carboxylic acid groups (broad SMARTS) is 1. The van der Waals surface area contributed by atoms with Gasteiger partial charge in [-0.05, 0) is 31.5 Å². The van der Waals surface area contributed by atoms with Crippen LogP contribution in [0.4, 0.5) is 0 Å². The van der Waals surface area contributed by atoms with E-state index in [1.54, 1.807) is 26.0 Å². The van der Waals surface area contributed by atoms with Crippen LogP contribution < -0.4 is 16.0 Å². The molecule has 2 fully saturated rings. The van der Waals surface area contributed by atoms with E-state index < -0.39 is 34.2 Å². The topological polar surface area (TPSA) is 128 Å². The number of hydrogen-bond donors (Lipinski definition) is 5. The second-order valence-electron chi connectivity index (χ2n) is 6.60. The molecular weight excluding hydrogens is 346 g/mol. The molecule has 4 atom stereocenters. The molecule has 1 aromatic carbocycles. The van der Waals surface area contributed by atoms with E-state index in [1.165, 1.54) is 23.9 Å². The Hall–Kier alpha value is -2.26. The molecule has 8 nitrogen and oxygen atoms in total. The third-order valence-electron chi connectivity index (χ3n) is 4.36. The quantitative estimate of drug-likeness (QED) is 0.508. The fourth-order valence-electron chi connectivity index (χ4n) is 3.04. The number of aliphatic carboxylic acids is 1. The maximum absolute atomic E-state index is 12.5. The number of carbonyl (C=O) groups excluding carboxylic acids is 2. The molecule has 25 heavy (non-hydrogen) atoms. The molecule has 9 heteroatoms. The largest absolute Gasteiger partial charge is 0.508 e. The van der Waals surface area contributed by atoms with Crippen molar-refractivity contribution in [3.8, 4) is 5.75 Å². The summed E-state index contributed by atoms with van der Waals surface area (Å²) in [6.07, 6.45) is 0. The molecule has 134 valence electrons. The van der Waals surface area contributed by atoms with Gasteiger partial charge in [-0.1, -0.05) is 12.1 Å². The molecule has 2 heterocycles. The lowest BCUT2D eigenvalue weighted by atomic mass is 10.0. The minimum absolute atomic E-state index is 0.0673. The summed E-state index contributed by atoms with van der Waals surface area (Å²) in [5.41, 5.74) is 0.554. The van der Waals surface area contributed by atoms with Crippen LogP contribution >= 0.6 is 11.8 Å². The first-order chi connectivity index (χ1) is 11.7. The molecule has 5 N–H and O–H groups in total. The summed E-state index contributed by atoms with van der Waals surface area (Å²) >= 11 is 1.32. The highest BCUT2D eigenvalue weighted by molar-refractivity contribution is 8.01. The fourth-order valence-corrected chi connectivity index (χ4v) is 4.53. The van der Waals surface area contributed by atoms with Crippen LogP contribution in [0.1, 0.15) is 25.5 Å². The third kappa shape index (κ3) is 3.29. The Bertz CT molecular complexity index is 721. The van der Waals surface area contributed by atoms with Gasteiger partial charge in [-0.15, -0.1) is 11.8 Å². The number of nitrogens with one attached hydrogen (secondary N) is 3. The first kappa shape index (κ1) is 17.6. The van der Waals surface area contributed by atoms with Crippen LogP contribution in [0.3, 0.4) is 0 Å². The third-order valence-corrected chi connectivity index (χ3v) is 5.87. The van der Waals surface area contributed by atoms with E-state index in [2.05, 4.69) is 16.0 Å². The summed E-state index contributed by atoms with van der Waals surface area (Å²) in [6.45, 7) is 3.57. The molecule has 3 rings (SSSR count). The van der Waals surface area contributed by atoms with Crippen molar-refractivity contribution in [2.24, 2.45) is 0 Å². The lowest BCUT2D eigenvalue weighted by Gasteiger charge is -2.32. The molecule has 0 spiro atoms. The smallest absolute Gasteiger partial charge is 0.322 e. The molecule has 0 saturated carbocycles. The van der Waals surface area contributed by atoms with Gasteiger partial charge in [-0.3, -0.25) is 19.7 Å². The number of phenolic OH excluding ortho intramolecular Hbond substituents is 1. The van der Waals surface area contributed by atoms with Gasteiger partial charge in [0.25, 0.3) is 0 Å². The van der Waals surface area contributed by atoms with Gasteiger partial charge in [-0.25, -0.2) is 0 Å². The van der Waals surface area contributed by atoms with Gasteiger partial charge in [0.05, 0.1) is 5.37 Å². The van der Waals surface area contributed by atoms with Crippen LogP contribution in [-0.4, -0.2) is 50.2 Å². The summed E-state index contributed by atoms with van der Waals surface area (Å²) in [6, 6.07) is 3.47. The fraction of sp³-hybridized carbons (Fsp3) is 0.438. The van der Waals surface area contributed by atoms with Crippen LogP contribution in [0.25, 0.3) is 0 Å². The Morgan fingerprint density at radius 2 is 1.76 bits per heavy atom. The van der Waals surface area contributed by atoms with Crippen LogP contribution in [-0.2, 0) is 14.4 Å². The molecular formula is C16H19N3O5S. The predicted octanol–water partition coefficient (Wildman–Crippen LogP) is -0.0578. The van der Waals surface area contributed by atoms with E-state index in [0.29, 0.717) is 5.56 Å². The summed E-state index contributed by atoms with van der Waals surface area (Å²) in [5.74, 6) is -1.69. The molecule has 0 aliphatic carbocycles. The van der Waals surface area contributed by atoms with Crippen LogP contribution in [0.2, 0.25) is 0 Å². The molecule has 1 aromatic rings. The van der Waals surface area contributed by atoms with Crippen molar-refractivity contribution < 1.29 is 24.6 Å². The van der Waals surface area contributed by atoms with E-state index in [4.69, 9.17) is 0 Å². The molecule has 2 aliphatic heterocycles. The number of amides is 2. The maximum Gasteiger partial charge on any atom is 0.322 e. The highest BCUT2D eigenvalue weighted by Crippen LogP contribution is 2.39. The molecule has 0 aromatic heterocycles. The zero-order valence-electron chi connectivity index (χ0n) is 13.6. The van der Waals surface area contributed by atoms with Crippen molar-refractivity contribution in [3.05, 3.63) is 29.8 Å². The maximum atomic E-state index is 12.5. The van der Waals surface area contributed by atoms with Gasteiger partial charge < -0.3 is 20.8 Å². The van der Waals surface area contributed by atoms with Gasteiger partial charge in [0.1, 0.15) is 23.9 Å². The number of phenols is 1. The standard InChI is InChI=1S/C16H19N3O5S/c1-16(2)11(15(23)24)19-14(25-16)10-13(22)17-9(12(21)18-10)7-3-5-8(20)6-4-7/h3-6,9-11,14,19-20H,1-2H3,(H,17,22)(H,18,21)(H,23,24)/t9?,10?,11-,14?/m0/s1. The van der Waals surface area contributed by atoms with E-state index in [1.807, 2.05) is 0 Å². The van der Waals surface area contributed by atoms with Gasteiger partial charge in [0.2, 0.25) is 11.8 Å². The monoisotopic (exact) mass is 365 g/mol. The summed E-state index contributed by atoms with van der Waals surface area (Å²) in [7, 11) is 0. The van der Waals surface area contributed by atoms with Crippen LogP contribution in [0.5, 0.6) is 5.75 Å². The minimum atomic E-state index is -0.996. The van der Waals surface area contributed by atoms with Crippen LogP contribution in [0.15, 0.2) is 24.3 Å². The Labute approximate surface area is 148 Å². The highest BCUT2D eigenvalue weighted by Gasteiger charge is 2.50. The second-order valence-corrected chi connectivity index (χ2v) is 8.39. The zero-order valence-corrected chi connectivity index (χ0v) is 14.5. The lowest BCUT2D eigenvalue weighted by molar-refractivity contribution is -0.140. The number of benzene rings is 1. The number of carboxylic acids is 1. The number of rotatable bonds is 3. The van der Waals surface area contributed by atoms with Gasteiger partial charge in [-0.2, -0.15) is 0 Å². The first-order valence-electron chi connectivity index (χ1n) is 7.75.